The van der Waals surface area contributed by atoms with Crippen LogP contribution in [0, 0.1) is 16.0 Å². The molecule has 0 saturated carbocycles. The fourth-order valence-electron chi connectivity index (χ4n) is 1.40. The van der Waals surface area contributed by atoms with Crippen LogP contribution >= 0.6 is 0 Å². The molecule has 0 fully saturated rings. The lowest BCUT2D eigenvalue weighted by molar-refractivity contribution is -0.384. The number of nitrogens with zero attached hydrogens (tertiary/aromatic N) is 3. The number of nitrogens with one attached hydrogen (secondary N) is 2. The molecule has 0 aliphatic rings. The molecule has 100 valence electrons. The van der Waals surface area contributed by atoms with Crippen molar-refractivity contribution in [1.82, 2.24) is 9.97 Å². The number of aromatic nitrogens is 2. The highest BCUT2D eigenvalue weighted by Gasteiger charge is 2.20. The Labute approximate surface area is 105 Å². The van der Waals surface area contributed by atoms with Gasteiger partial charge in [0, 0.05) is 6.04 Å². The van der Waals surface area contributed by atoms with Crippen LogP contribution in [0.2, 0.25) is 0 Å². The second-order valence-electron chi connectivity index (χ2n) is 4.15. The quantitative estimate of drug-likeness (QED) is 0.400. The van der Waals surface area contributed by atoms with Crippen molar-refractivity contribution >= 4 is 17.5 Å². The van der Waals surface area contributed by atoms with Crippen LogP contribution in [-0.4, -0.2) is 20.9 Å². The molecule has 0 bridgehead atoms. The van der Waals surface area contributed by atoms with Crippen molar-refractivity contribution in [2.45, 2.75) is 33.2 Å². The van der Waals surface area contributed by atoms with Gasteiger partial charge in [-0.2, -0.15) is 4.98 Å². The second kappa shape index (κ2) is 6.10. The maximum atomic E-state index is 10.9. The van der Waals surface area contributed by atoms with Gasteiger partial charge in [-0.25, -0.2) is 10.8 Å². The van der Waals surface area contributed by atoms with Gasteiger partial charge in [-0.15, -0.1) is 0 Å². The molecule has 8 heteroatoms. The SMILES string of the molecule is CCC(C)C(C)Nc1nc(NN)ncc1[N+](=O)[O-]. The first-order valence-corrected chi connectivity index (χ1v) is 5.74. The Balaban J connectivity index is 3.00. The van der Waals surface area contributed by atoms with E-state index in [1.165, 1.54) is 0 Å². The molecule has 0 spiro atoms. The number of hydrazine groups is 1. The van der Waals surface area contributed by atoms with Crippen LogP contribution in [0.15, 0.2) is 6.20 Å². The van der Waals surface area contributed by atoms with Crippen molar-refractivity contribution < 1.29 is 4.92 Å². The molecule has 1 aromatic rings. The van der Waals surface area contributed by atoms with Gasteiger partial charge in [-0.1, -0.05) is 20.3 Å². The van der Waals surface area contributed by atoms with E-state index >= 15 is 0 Å². The van der Waals surface area contributed by atoms with Gasteiger partial charge in [0.1, 0.15) is 6.20 Å². The first-order chi connectivity index (χ1) is 8.49. The van der Waals surface area contributed by atoms with Crippen LogP contribution in [-0.2, 0) is 0 Å². The molecule has 0 aromatic carbocycles. The van der Waals surface area contributed by atoms with Gasteiger partial charge in [-0.05, 0) is 12.8 Å². The van der Waals surface area contributed by atoms with Gasteiger partial charge in [0.05, 0.1) is 4.92 Å². The molecule has 1 heterocycles. The minimum atomic E-state index is -0.522. The smallest absolute Gasteiger partial charge is 0.329 e. The van der Waals surface area contributed by atoms with Gasteiger partial charge in [0.25, 0.3) is 0 Å². The largest absolute Gasteiger partial charge is 0.361 e. The molecule has 2 unspecified atom stereocenters. The predicted octanol–water partition coefficient (Wildman–Crippen LogP) is 1.52. The third-order valence-electron chi connectivity index (χ3n) is 2.96. The first kappa shape index (κ1) is 14.1. The lowest BCUT2D eigenvalue weighted by Crippen LogP contribution is -2.25. The molecule has 2 atom stereocenters. The highest BCUT2D eigenvalue weighted by atomic mass is 16.6. The van der Waals surface area contributed by atoms with Crippen LogP contribution in [0.1, 0.15) is 27.2 Å². The van der Waals surface area contributed by atoms with Crippen LogP contribution in [0.5, 0.6) is 0 Å². The Morgan fingerprint density at radius 2 is 2.22 bits per heavy atom. The van der Waals surface area contributed by atoms with Crippen LogP contribution in [0.25, 0.3) is 0 Å². The van der Waals surface area contributed by atoms with Gasteiger partial charge < -0.3 is 5.32 Å². The van der Waals surface area contributed by atoms with E-state index in [1.54, 1.807) is 0 Å². The zero-order valence-electron chi connectivity index (χ0n) is 10.7. The Morgan fingerprint density at radius 1 is 1.56 bits per heavy atom. The zero-order chi connectivity index (χ0) is 13.7. The normalized spacial score (nSPS) is 13.8. The number of anilines is 2. The molecule has 1 aromatic heterocycles. The summed E-state index contributed by atoms with van der Waals surface area (Å²) >= 11 is 0. The summed E-state index contributed by atoms with van der Waals surface area (Å²) in [7, 11) is 0. The number of hydrogen-bond donors (Lipinski definition) is 3. The molecule has 0 saturated heterocycles. The van der Waals surface area contributed by atoms with Gasteiger partial charge >= 0.3 is 5.69 Å². The van der Waals surface area contributed by atoms with Crippen LogP contribution in [0.4, 0.5) is 17.5 Å². The summed E-state index contributed by atoms with van der Waals surface area (Å²) in [6, 6.07) is 0.0641. The summed E-state index contributed by atoms with van der Waals surface area (Å²) in [5.74, 6) is 5.87. The maximum absolute atomic E-state index is 10.9. The number of nitrogens with two attached hydrogens (primary N) is 1. The molecule has 0 aliphatic heterocycles. The van der Waals surface area contributed by atoms with Gasteiger partial charge in [0.2, 0.25) is 11.8 Å². The number of rotatable bonds is 6. The summed E-state index contributed by atoms with van der Waals surface area (Å²) < 4.78 is 0. The summed E-state index contributed by atoms with van der Waals surface area (Å²) in [5.41, 5.74) is 2.10. The fraction of sp³-hybridized carbons (Fsp3) is 0.600. The summed E-state index contributed by atoms with van der Waals surface area (Å²) in [6.45, 7) is 6.08. The van der Waals surface area contributed by atoms with Crippen molar-refractivity contribution in [3.05, 3.63) is 16.3 Å². The van der Waals surface area contributed by atoms with E-state index in [2.05, 4.69) is 34.6 Å². The standard InChI is InChI=1S/C10H18N6O2/c1-4-6(2)7(3)13-9-8(16(17)18)5-12-10(14-9)15-11/h5-7H,4,11H2,1-3H3,(H2,12,13,14,15). The van der Waals surface area contributed by atoms with Crippen molar-refractivity contribution in [3.63, 3.8) is 0 Å². The number of nitro groups is 1. The minimum absolute atomic E-state index is 0.0641. The summed E-state index contributed by atoms with van der Waals surface area (Å²) in [5, 5.41) is 13.9. The van der Waals surface area contributed by atoms with E-state index in [4.69, 9.17) is 5.84 Å². The number of hydrogen-bond acceptors (Lipinski definition) is 7. The fourth-order valence-corrected chi connectivity index (χ4v) is 1.40. The predicted molar refractivity (Wildman–Crippen MR) is 69.0 cm³/mol. The molecule has 4 N–H and O–H groups in total. The molecule has 1 rings (SSSR count). The zero-order valence-corrected chi connectivity index (χ0v) is 10.7. The van der Waals surface area contributed by atoms with Crippen molar-refractivity contribution in [2.24, 2.45) is 11.8 Å². The molecule has 0 amide bonds. The monoisotopic (exact) mass is 254 g/mol. The third kappa shape index (κ3) is 3.27. The molecule has 18 heavy (non-hydrogen) atoms. The van der Waals surface area contributed by atoms with Crippen molar-refractivity contribution in [3.8, 4) is 0 Å². The first-order valence-electron chi connectivity index (χ1n) is 5.74. The van der Waals surface area contributed by atoms with Crippen LogP contribution < -0.4 is 16.6 Å². The lowest BCUT2D eigenvalue weighted by Gasteiger charge is -2.20. The Hall–Kier alpha value is -1.96. The van der Waals surface area contributed by atoms with E-state index in [1.807, 2.05) is 6.92 Å². The van der Waals surface area contributed by atoms with E-state index in [0.29, 0.717) is 5.92 Å². The highest BCUT2D eigenvalue weighted by molar-refractivity contribution is 5.57. The average molecular weight is 254 g/mol. The molecular formula is C10H18N6O2. The Bertz CT molecular complexity index is 425. The van der Waals surface area contributed by atoms with Crippen molar-refractivity contribution in [1.29, 1.82) is 0 Å². The van der Waals surface area contributed by atoms with E-state index in [-0.39, 0.29) is 23.5 Å². The highest BCUT2D eigenvalue weighted by Crippen LogP contribution is 2.24. The summed E-state index contributed by atoms with van der Waals surface area (Å²) in [4.78, 5) is 18.0. The molecular weight excluding hydrogens is 236 g/mol. The van der Waals surface area contributed by atoms with E-state index in [9.17, 15) is 10.1 Å². The Morgan fingerprint density at radius 3 is 2.72 bits per heavy atom. The van der Waals surface area contributed by atoms with Gasteiger partial charge in [-0.3, -0.25) is 15.5 Å². The molecule has 0 radical (unpaired) electrons. The van der Waals surface area contributed by atoms with E-state index in [0.717, 1.165) is 12.6 Å². The Kier molecular flexibility index (Phi) is 4.78. The van der Waals surface area contributed by atoms with Crippen molar-refractivity contribution in [2.75, 3.05) is 10.7 Å². The van der Waals surface area contributed by atoms with Crippen LogP contribution in [0.3, 0.4) is 0 Å². The maximum Gasteiger partial charge on any atom is 0.329 e. The lowest BCUT2D eigenvalue weighted by atomic mass is 10.0. The second-order valence-corrected chi connectivity index (χ2v) is 4.15. The molecule has 0 aliphatic carbocycles. The molecule has 8 nitrogen and oxygen atoms in total. The minimum Gasteiger partial charge on any atom is -0.361 e. The summed E-state index contributed by atoms with van der Waals surface area (Å²) in [6.07, 6.45) is 2.10. The van der Waals surface area contributed by atoms with Gasteiger partial charge in [0.15, 0.2) is 0 Å². The third-order valence-corrected chi connectivity index (χ3v) is 2.96. The number of nitrogen functional groups attached to an aromatic ring is 1. The topological polar surface area (TPSA) is 119 Å². The van der Waals surface area contributed by atoms with E-state index < -0.39 is 4.92 Å². The average Bonchev–Trinajstić information content (AvgIpc) is 2.37.